The van der Waals surface area contributed by atoms with Gasteiger partial charge in [0.05, 0.1) is 0 Å². The van der Waals surface area contributed by atoms with Crippen molar-refractivity contribution in [2.75, 3.05) is 38.1 Å². The van der Waals surface area contributed by atoms with Gasteiger partial charge in [-0.15, -0.1) is 0 Å². The molecule has 0 unspecified atom stereocenters. The van der Waals surface area contributed by atoms with Crippen molar-refractivity contribution in [3.05, 3.63) is 59.7 Å². The van der Waals surface area contributed by atoms with Crippen molar-refractivity contribution in [3.63, 3.8) is 0 Å². The average Bonchev–Trinajstić information content (AvgIpc) is 3.16. The van der Waals surface area contributed by atoms with Crippen molar-refractivity contribution in [1.82, 2.24) is 4.90 Å². The second-order valence-corrected chi connectivity index (χ2v) is 7.05. The molecule has 0 bridgehead atoms. The van der Waals surface area contributed by atoms with E-state index in [0.29, 0.717) is 12.5 Å². The van der Waals surface area contributed by atoms with Crippen LogP contribution in [0, 0.1) is 6.92 Å². The van der Waals surface area contributed by atoms with Gasteiger partial charge in [0.15, 0.2) is 5.96 Å². The number of nitrogens with two attached hydrogens (primary N) is 1. The van der Waals surface area contributed by atoms with Gasteiger partial charge in [0.2, 0.25) is 0 Å². The predicted octanol–water partition coefficient (Wildman–Crippen LogP) is 3.44. The summed E-state index contributed by atoms with van der Waals surface area (Å²) < 4.78 is 5.84. The van der Waals surface area contributed by atoms with Gasteiger partial charge in [0, 0.05) is 18.8 Å². The van der Waals surface area contributed by atoms with E-state index in [2.05, 4.69) is 40.3 Å². The smallest absolute Gasteiger partial charge is 0.193 e. The lowest BCUT2D eigenvalue weighted by Crippen LogP contribution is -2.25. The van der Waals surface area contributed by atoms with Gasteiger partial charge < -0.3 is 15.8 Å². The minimum absolute atomic E-state index is 0.447. The number of nitrogens with one attached hydrogen (secondary N) is 1. The lowest BCUT2D eigenvalue weighted by atomic mass is 10.1. The molecule has 0 aliphatic carbocycles. The molecular formula is C22H30N4O. The maximum atomic E-state index is 5.97. The van der Waals surface area contributed by atoms with Crippen molar-refractivity contribution in [1.29, 1.82) is 0 Å². The minimum atomic E-state index is 0.447. The van der Waals surface area contributed by atoms with Crippen LogP contribution in [0.15, 0.2) is 53.5 Å². The van der Waals surface area contributed by atoms with E-state index >= 15 is 0 Å². The zero-order valence-electron chi connectivity index (χ0n) is 16.2. The first-order valence-corrected chi connectivity index (χ1v) is 9.77. The first kappa shape index (κ1) is 19.2. The quantitative estimate of drug-likeness (QED) is 0.555. The van der Waals surface area contributed by atoms with Crippen molar-refractivity contribution < 1.29 is 4.74 Å². The number of benzene rings is 2. The Bertz CT molecular complexity index is 736. The fourth-order valence-corrected chi connectivity index (χ4v) is 3.27. The van der Waals surface area contributed by atoms with Gasteiger partial charge in [-0.3, -0.25) is 9.89 Å². The number of likely N-dealkylation sites (tertiary alicyclic amines) is 1. The Morgan fingerprint density at radius 2 is 1.93 bits per heavy atom. The van der Waals surface area contributed by atoms with Crippen molar-refractivity contribution in [2.24, 2.45) is 10.7 Å². The molecule has 3 rings (SSSR count). The monoisotopic (exact) mass is 366 g/mol. The Morgan fingerprint density at radius 1 is 1.15 bits per heavy atom. The molecule has 144 valence electrons. The standard InChI is InChI=1S/C22H30N4O/c1-18-5-4-6-20(17-18)25-22(23)24-12-11-19-7-9-21(10-8-19)27-16-15-26-13-2-3-14-26/h4-10,17H,2-3,11-16H2,1H3,(H3,23,24,25). The summed E-state index contributed by atoms with van der Waals surface area (Å²) in [7, 11) is 0. The third-order valence-electron chi connectivity index (χ3n) is 4.77. The molecule has 2 aromatic rings. The SMILES string of the molecule is Cc1cccc(NC(N)=NCCc2ccc(OCCN3CCCC3)cc2)c1. The topological polar surface area (TPSA) is 62.9 Å². The Morgan fingerprint density at radius 3 is 2.67 bits per heavy atom. The maximum absolute atomic E-state index is 5.97. The van der Waals surface area contributed by atoms with E-state index in [1.165, 1.54) is 37.1 Å². The molecule has 1 aliphatic heterocycles. The summed E-state index contributed by atoms with van der Waals surface area (Å²) in [5.41, 5.74) is 9.35. The van der Waals surface area contributed by atoms with E-state index in [4.69, 9.17) is 10.5 Å². The Labute approximate surface area is 162 Å². The van der Waals surface area contributed by atoms with Crippen LogP contribution in [0.2, 0.25) is 0 Å². The molecule has 0 saturated carbocycles. The maximum Gasteiger partial charge on any atom is 0.193 e. The lowest BCUT2D eigenvalue weighted by Gasteiger charge is -2.15. The average molecular weight is 367 g/mol. The highest BCUT2D eigenvalue weighted by Gasteiger charge is 2.10. The van der Waals surface area contributed by atoms with E-state index in [-0.39, 0.29) is 0 Å². The number of rotatable bonds is 8. The van der Waals surface area contributed by atoms with E-state index < -0.39 is 0 Å². The van der Waals surface area contributed by atoms with Crippen molar-refractivity contribution >= 4 is 11.6 Å². The molecule has 1 heterocycles. The van der Waals surface area contributed by atoms with Gasteiger partial charge in [0.1, 0.15) is 12.4 Å². The second-order valence-electron chi connectivity index (χ2n) is 7.05. The van der Waals surface area contributed by atoms with Gasteiger partial charge >= 0.3 is 0 Å². The Hall–Kier alpha value is -2.53. The number of guanidine groups is 1. The molecule has 3 N–H and O–H groups in total. The van der Waals surface area contributed by atoms with Crippen LogP contribution in [0.3, 0.4) is 0 Å². The number of nitrogens with zero attached hydrogens (tertiary/aromatic N) is 2. The number of aryl methyl sites for hydroxylation is 1. The number of hydrogen-bond acceptors (Lipinski definition) is 3. The van der Waals surface area contributed by atoms with Gasteiger partial charge in [0.25, 0.3) is 0 Å². The third-order valence-corrected chi connectivity index (χ3v) is 4.77. The molecule has 0 amide bonds. The lowest BCUT2D eigenvalue weighted by molar-refractivity contribution is 0.238. The Kier molecular flexibility index (Phi) is 7.11. The van der Waals surface area contributed by atoms with Crippen LogP contribution in [0.25, 0.3) is 0 Å². The van der Waals surface area contributed by atoms with E-state index in [9.17, 15) is 0 Å². The number of anilines is 1. The van der Waals surface area contributed by atoms with Crippen LogP contribution in [-0.4, -0.2) is 43.6 Å². The summed E-state index contributed by atoms with van der Waals surface area (Å²) >= 11 is 0. The summed E-state index contributed by atoms with van der Waals surface area (Å²) in [5.74, 6) is 1.38. The molecule has 1 fully saturated rings. The van der Waals surface area contributed by atoms with Gasteiger partial charge in [-0.2, -0.15) is 0 Å². The van der Waals surface area contributed by atoms with Gasteiger partial charge in [-0.1, -0.05) is 24.3 Å². The molecule has 5 heteroatoms. The molecule has 27 heavy (non-hydrogen) atoms. The van der Waals surface area contributed by atoms with Crippen molar-refractivity contribution in [2.45, 2.75) is 26.2 Å². The minimum Gasteiger partial charge on any atom is -0.492 e. The molecule has 0 aromatic heterocycles. The third kappa shape index (κ3) is 6.61. The molecule has 0 spiro atoms. The first-order chi connectivity index (χ1) is 13.2. The van der Waals surface area contributed by atoms with E-state index in [1.54, 1.807) is 0 Å². The summed E-state index contributed by atoms with van der Waals surface area (Å²) in [6, 6.07) is 16.4. The molecule has 0 radical (unpaired) electrons. The molecule has 1 saturated heterocycles. The summed E-state index contributed by atoms with van der Waals surface area (Å²) in [5, 5.41) is 3.13. The molecule has 5 nitrogen and oxygen atoms in total. The van der Waals surface area contributed by atoms with Crippen LogP contribution in [0.5, 0.6) is 5.75 Å². The largest absolute Gasteiger partial charge is 0.492 e. The van der Waals surface area contributed by atoms with Gasteiger partial charge in [-0.25, -0.2) is 0 Å². The van der Waals surface area contributed by atoms with Crippen LogP contribution < -0.4 is 15.8 Å². The zero-order chi connectivity index (χ0) is 18.9. The summed E-state index contributed by atoms with van der Waals surface area (Å²) in [4.78, 5) is 6.87. The highest BCUT2D eigenvalue weighted by molar-refractivity contribution is 5.92. The summed E-state index contributed by atoms with van der Waals surface area (Å²) in [6.45, 7) is 6.90. The number of hydrogen-bond donors (Lipinski definition) is 2. The molecule has 1 aliphatic rings. The first-order valence-electron chi connectivity index (χ1n) is 9.77. The van der Waals surface area contributed by atoms with E-state index in [1.807, 2.05) is 30.3 Å². The number of aliphatic imine (C=N–C) groups is 1. The van der Waals surface area contributed by atoms with Crippen LogP contribution in [-0.2, 0) is 6.42 Å². The fraction of sp³-hybridized carbons (Fsp3) is 0.409. The van der Waals surface area contributed by atoms with Crippen LogP contribution >= 0.6 is 0 Å². The molecule has 2 aromatic carbocycles. The fourth-order valence-electron chi connectivity index (χ4n) is 3.27. The molecular weight excluding hydrogens is 336 g/mol. The van der Waals surface area contributed by atoms with Crippen LogP contribution in [0.1, 0.15) is 24.0 Å². The van der Waals surface area contributed by atoms with Crippen molar-refractivity contribution in [3.8, 4) is 5.75 Å². The van der Waals surface area contributed by atoms with Gasteiger partial charge in [-0.05, 0) is 74.7 Å². The number of ether oxygens (including phenoxy) is 1. The highest BCUT2D eigenvalue weighted by Crippen LogP contribution is 2.14. The second kappa shape index (κ2) is 9.97. The highest BCUT2D eigenvalue weighted by atomic mass is 16.5. The normalized spacial score (nSPS) is 15.1. The molecule has 0 atom stereocenters. The predicted molar refractivity (Wildman–Crippen MR) is 113 cm³/mol. The van der Waals surface area contributed by atoms with Crippen LogP contribution in [0.4, 0.5) is 5.69 Å². The zero-order valence-corrected chi connectivity index (χ0v) is 16.2. The Balaban J connectivity index is 1.38. The van der Waals surface area contributed by atoms with E-state index in [0.717, 1.165) is 31.0 Å². The summed E-state index contributed by atoms with van der Waals surface area (Å²) in [6.07, 6.45) is 3.49.